The lowest BCUT2D eigenvalue weighted by Gasteiger charge is -2.06. The third-order valence-corrected chi connectivity index (χ3v) is 2.66. The first-order chi connectivity index (χ1) is 9.15. The van der Waals surface area contributed by atoms with E-state index in [-0.39, 0.29) is 11.8 Å². The van der Waals surface area contributed by atoms with Crippen LogP contribution in [0.1, 0.15) is 12.0 Å². The molecule has 0 spiro atoms. The Balaban J connectivity index is 1.95. The van der Waals surface area contributed by atoms with Crippen molar-refractivity contribution in [1.82, 2.24) is 0 Å². The fourth-order valence-corrected chi connectivity index (χ4v) is 1.72. The average Bonchev–Trinajstić information content (AvgIpc) is 2.89. The summed E-state index contributed by atoms with van der Waals surface area (Å²) in [7, 11) is 0. The van der Waals surface area contributed by atoms with Gasteiger partial charge in [-0.3, -0.25) is 10.1 Å². The van der Waals surface area contributed by atoms with Crippen LogP contribution in [0.5, 0.6) is 0 Å². The Bertz CT molecular complexity index is 506. The van der Waals surface area contributed by atoms with Gasteiger partial charge in [0.25, 0.3) is 5.69 Å². The Morgan fingerprint density at radius 2 is 2.37 bits per heavy atom. The van der Waals surface area contributed by atoms with Gasteiger partial charge in [-0.05, 0) is 11.6 Å². The lowest BCUT2D eigenvalue weighted by atomic mass is 10.2. The molecule has 1 aliphatic heterocycles. The molecule has 0 radical (unpaired) electrons. The number of carbonyl (C=O) groups excluding carboxylic acids is 1. The Labute approximate surface area is 109 Å². The molecule has 1 saturated heterocycles. The van der Waals surface area contributed by atoms with Crippen molar-refractivity contribution in [2.45, 2.75) is 12.5 Å². The molecular formula is C13H13NO5. The van der Waals surface area contributed by atoms with E-state index in [0.29, 0.717) is 25.2 Å². The number of nitro groups is 1. The molecule has 6 nitrogen and oxygen atoms in total. The van der Waals surface area contributed by atoms with Crippen LogP contribution in [-0.2, 0) is 14.3 Å². The fourth-order valence-electron chi connectivity index (χ4n) is 1.72. The van der Waals surface area contributed by atoms with Crippen molar-refractivity contribution in [3.8, 4) is 0 Å². The van der Waals surface area contributed by atoms with E-state index >= 15 is 0 Å². The number of non-ortho nitro benzene ring substituents is 1. The average molecular weight is 263 g/mol. The predicted octanol–water partition coefficient (Wildman–Crippen LogP) is 1.94. The quantitative estimate of drug-likeness (QED) is 0.359. The van der Waals surface area contributed by atoms with Gasteiger partial charge in [-0.2, -0.15) is 0 Å². The molecule has 2 rings (SSSR count). The molecule has 0 N–H and O–H groups in total. The highest BCUT2D eigenvalue weighted by Crippen LogP contribution is 2.14. The summed E-state index contributed by atoms with van der Waals surface area (Å²) in [6.07, 6.45) is 3.26. The minimum Gasteiger partial charge on any atom is -0.457 e. The molecule has 1 aliphatic rings. The van der Waals surface area contributed by atoms with Gasteiger partial charge in [-0.25, -0.2) is 4.79 Å². The predicted molar refractivity (Wildman–Crippen MR) is 67.4 cm³/mol. The molecule has 0 amide bonds. The second-order valence-electron chi connectivity index (χ2n) is 4.11. The van der Waals surface area contributed by atoms with Gasteiger partial charge in [0.05, 0.1) is 18.1 Å². The molecule has 1 aromatic rings. The molecule has 19 heavy (non-hydrogen) atoms. The Morgan fingerprint density at radius 1 is 1.53 bits per heavy atom. The Morgan fingerprint density at radius 3 is 3.05 bits per heavy atom. The summed E-state index contributed by atoms with van der Waals surface area (Å²) < 4.78 is 10.2. The van der Waals surface area contributed by atoms with E-state index in [2.05, 4.69) is 0 Å². The fraction of sp³-hybridized carbons (Fsp3) is 0.308. The van der Waals surface area contributed by atoms with Crippen molar-refractivity contribution in [2.24, 2.45) is 0 Å². The van der Waals surface area contributed by atoms with E-state index in [4.69, 9.17) is 9.47 Å². The smallest absolute Gasteiger partial charge is 0.331 e. The molecule has 100 valence electrons. The highest BCUT2D eigenvalue weighted by atomic mass is 16.6. The zero-order valence-electron chi connectivity index (χ0n) is 10.2. The van der Waals surface area contributed by atoms with E-state index in [1.54, 1.807) is 12.1 Å². The van der Waals surface area contributed by atoms with Crippen LogP contribution in [0.4, 0.5) is 5.69 Å². The molecule has 0 saturated carbocycles. The van der Waals surface area contributed by atoms with Gasteiger partial charge >= 0.3 is 5.97 Å². The van der Waals surface area contributed by atoms with Gasteiger partial charge < -0.3 is 9.47 Å². The molecule has 1 heterocycles. The Hall–Kier alpha value is -2.21. The normalized spacial score (nSPS) is 18.6. The number of rotatable bonds is 4. The van der Waals surface area contributed by atoms with Crippen LogP contribution >= 0.6 is 0 Å². The van der Waals surface area contributed by atoms with E-state index in [1.807, 2.05) is 0 Å². The van der Waals surface area contributed by atoms with Crippen LogP contribution in [0.15, 0.2) is 30.3 Å². The monoisotopic (exact) mass is 263 g/mol. The summed E-state index contributed by atoms with van der Waals surface area (Å²) in [5.74, 6) is -0.470. The summed E-state index contributed by atoms with van der Waals surface area (Å²) in [5.41, 5.74) is 0.563. The summed E-state index contributed by atoms with van der Waals surface area (Å²) in [6.45, 7) is 1.03. The highest BCUT2D eigenvalue weighted by molar-refractivity contribution is 5.87. The topological polar surface area (TPSA) is 78.7 Å². The van der Waals surface area contributed by atoms with Gasteiger partial charge in [0.2, 0.25) is 0 Å². The first kappa shape index (κ1) is 13.2. The van der Waals surface area contributed by atoms with Crippen molar-refractivity contribution < 1.29 is 19.2 Å². The third kappa shape index (κ3) is 3.89. The summed E-state index contributed by atoms with van der Waals surface area (Å²) in [4.78, 5) is 21.6. The van der Waals surface area contributed by atoms with Crippen molar-refractivity contribution in [1.29, 1.82) is 0 Å². The second kappa shape index (κ2) is 6.10. The number of hydrogen-bond donors (Lipinski definition) is 0. The van der Waals surface area contributed by atoms with Gasteiger partial charge in [-0.15, -0.1) is 0 Å². The first-order valence-electron chi connectivity index (χ1n) is 5.86. The molecule has 0 aliphatic carbocycles. The maximum Gasteiger partial charge on any atom is 0.331 e. The van der Waals surface area contributed by atoms with Crippen LogP contribution in [-0.4, -0.2) is 30.2 Å². The molecule has 0 unspecified atom stereocenters. The van der Waals surface area contributed by atoms with Crippen LogP contribution in [0.25, 0.3) is 6.08 Å². The number of hydrogen-bond acceptors (Lipinski definition) is 5. The minimum atomic E-state index is -0.481. The van der Waals surface area contributed by atoms with Crippen LogP contribution in [0.2, 0.25) is 0 Å². The van der Waals surface area contributed by atoms with Crippen molar-refractivity contribution in [3.63, 3.8) is 0 Å². The summed E-state index contributed by atoms with van der Waals surface area (Å²) in [6, 6.07) is 6.03. The summed E-state index contributed by atoms with van der Waals surface area (Å²) >= 11 is 0. The van der Waals surface area contributed by atoms with Gasteiger partial charge in [-0.1, -0.05) is 12.1 Å². The molecular weight excluding hydrogens is 250 g/mol. The van der Waals surface area contributed by atoms with Crippen molar-refractivity contribution in [3.05, 3.63) is 46.0 Å². The highest BCUT2D eigenvalue weighted by Gasteiger charge is 2.18. The molecule has 0 bridgehead atoms. The molecule has 1 atom stereocenters. The number of esters is 1. The number of nitro benzene ring substituents is 1. The molecule has 1 fully saturated rings. The SMILES string of the molecule is O=C(/C=C\c1cccc([N+](=O)[O-])c1)O[C@H]1CCOC1. The number of benzene rings is 1. The van der Waals surface area contributed by atoms with E-state index in [0.717, 1.165) is 0 Å². The van der Waals surface area contributed by atoms with Crippen LogP contribution < -0.4 is 0 Å². The van der Waals surface area contributed by atoms with Crippen LogP contribution in [0, 0.1) is 10.1 Å². The molecule has 1 aromatic carbocycles. The maximum absolute atomic E-state index is 11.5. The minimum absolute atomic E-state index is 0.0142. The second-order valence-corrected chi connectivity index (χ2v) is 4.11. The van der Waals surface area contributed by atoms with Crippen LogP contribution in [0.3, 0.4) is 0 Å². The van der Waals surface area contributed by atoms with Gasteiger partial charge in [0, 0.05) is 24.6 Å². The van der Waals surface area contributed by atoms with E-state index in [1.165, 1.54) is 24.3 Å². The number of ether oxygens (including phenoxy) is 2. The molecule has 0 aromatic heterocycles. The van der Waals surface area contributed by atoms with Gasteiger partial charge in [0.1, 0.15) is 6.10 Å². The zero-order valence-corrected chi connectivity index (χ0v) is 10.2. The van der Waals surface area contributed by atoms with Gasteiger partial charge in [0.15, 0.2) is 0 Å². The number of carbonyl (C=O) groups is 1. The third-order valence-electron chi connectivity index (χ3n) is 2.66. The lowest BCUT2D eigenvalue weighted by molar-refractivity contribution is -0.384. The van der Waals surface area contributed by atoms with E-state index < -0.39 is 10.9 Å². The largest absolute Gasteiger partial charge is 0.457 e. The zero-order chi connectivity index (χ0) is 13.7. The van der Waals surface area contributed by atoms with E-state index in [9.17, 15) is 14.9 Å². The van der Waals surface area contributed by atoms with Crippen molar-refractivity contribution in [2.75, 3.05) is 13.2 Å². The summed E-state index contributed by atoms with van der Waals surface area (Å²) in [5, 5.41) is 10.6. The maximum atomic E-state index is 11.5. The number of nitrogens with zero attached hydrogens (tertiary/aromatic N) is 1. The standard InChI is InChI=1S/C13H13NO5/c15-13(19-12-6-7-18-9-12)5-4-10-2-1-3-11(8-10)14(16)17/h1-5,8,12H,6-7,9H2/b5-4-/t12-/m0/s1. The molecule has 6 heteroatoms. The Kier molecular flexibility index (Phi) is 4.25. The lowest BCUT2D eigenvalue weighted by Crippen LogP contribution is -2.16. The first-order valence-corrected chi connectivity index (χ1v) is 5.86. The van der Waals surface area contributed by atoms with Crippen molar-refractivity contribution >= 4 is 17.7 Å².